The molecule has 0 aliphatic carbocycles. The number of likely N-dealkylation sites (tertiary alicyclic amines) is 1. The lowest BCUT2D eigenvalue weighted by atomic mass is 10.0. The van der Waals surface area contributed by atoms with E-state index in [0.717, 1.165) is 52.8 Å². The lowest BCUT2D eigenvalue weighted by Gasteiger charge is -2.35. The number of aromatic nitrogens is 1. The second-order valence-electron chi connectivity index (χ2n) is 9.53. The van der Waals surface area contributed by atoms with Gasteiger partial charge in [-0.05, 0) is 49.3 Å². The Morgan fingerprint density at radius 1 is 1.12 bits per heavy atom. The second kappa shape index (κ2) is 12.6. The summed E-state index contributed by atoms with van der Waals surface area (Å²) in [4.78, 5) is 5.96. The molecule has 1 aliphatic rings. The first-order chi connectivity index (χ1) is 19.8. The van der Waals surface area contributed by atoms with E-state index in [9.17, 15) is 8.42 Å². The van der Waals surface area contributed by atoms with Gasteiger partial charge in [-0.1, -0.05) is 41.9 Å². The minimum Gasteiger partial charge on any atom is -0.497 e. The van der Waals surface area contributed by atoms with Gasteiger partial charge in [0.1, 0.15) is 22.2 Å². The number of ether oxygens (including phenoxy) is 2. The van der Waals surface area contributed by atoms with E-state index < -0.39 is 20.7 Å². The smallest absolute Gasteiger partial charge is 0.269 e. The molecule has 1 aliphatic heterocycles. The van der Waals surface area contributed by atoms with Crippen molar-refractivity contribution in [2.45, 2.75) is 23.9 Å². The Hall–Kier alpha value is -3.38. The number of nitrogens with one attached hydrogen (secondary N) is 1. The Balaban J connectivity index is 1.48. The molecule has 5 rings (SSSR count). The van der Waals surface area contributed by atoms with Crippen LogP contribution in [0.3, 0.4) is 0 Å². The van der Waals surface area contributed by atoms with Crippen LogP contribution < -0.4 is 19.1 Å². The molecule has 0 bridgehead atoms. The first-order valence-electron chi connectivity index (χ1n) is 13.0. The van der Waals surface area contributed by atoms with Gasteiger partial charge in [-0.3, -0.25) is 0 Å². The molecule has 3 aromatic carbocycles. The van der Waals surface area contributed by atoms with Crippen LogP contribution in [0.2, 0.25) is 5.02 Å². The molecule has 1 aromatic heterocycles. The summed E-state index contributed by atoms with van der Waals surface area (Å²) in [7, 11) is -1.42. The summed E-state index contributed by atoms with van der Waals surface area (Å²) < 4.78 is 55.5. The molecule has 0 saturated carbocycles. The van der Waals surface area contributed by atoms with E-state index in [1.807, 2.05) is 30.3 Å². The number of anilines is 2. The SMILES string of the molecule is COc1ccc(CN(c2nccs2)S(=O)(=O)c2cc(Cl)c(NC(CN3CCC3)c3ccccc3)cc2F)c(OC)c1. The fourth-order valence-electron chi connectivity index (χ4n) is 4.62. The Kier molecular flexibility index (Phi) is 8.98. The Bertz CT molecular complexity index is 1590. The lowest BCUT2D eigenvalue weighted by molar-refractivity contribution is 0.174. The number of benzene rings is 3. The fraction of sp³-hybridized carbons (Fsp3) is 0.276. The van der Waals surface area contributed by atoms with Crippen LogP contribution in [-0.4, -0.2) is 52.2 Å². The molecule has 12 heteroatoms. The van der Waals surface area contributed by atoms with Crippen molar-refractivity contribution in [2.75, 3.05) is 43.5 Å². The standard InChI is InChI=1S/C29H30ClFN4O4S2/c1-38-22-10-9-21(27(15-22)39-2)18-35(29-32-11-14-40-29)41(36,37)28-16-23(30)25(17-24(28)31)33-26(19-34-12-6-13-34)20-7-4-3-5-8-20/h3-5,7-11,14-17,26,33H,6,12-13,18-19H2,1-2H3. The Morgan fingerprint density at radius 2 is 1.90 bits per heavy atom. The van der Waals surface area contributed by atoms with Crippen molar-refractivity contribution in [3.8, 4) is 11.5 Å². The van der Waals surface area contributed by atoms with Crippen LogP contribution in [0.4, 0.5) is 15.2 Å². The Labute approximate surface area is 248 Å². The van der Waals surface area contributed by atoms with Crippen molar-refractivity contribution in [3.05, 3.63) is 94.2 Å². The summed E-state index contributed by atoms with van der Waals surface area (Å²) in [5.41, 5.74) is 1.89. The lowest BCUT2D eigenvalue weighted by Crippen LogP contribution is -2.41. The third-order valence-corrected chi connectivity index (χ3v) is 9.93. The van der Waals surface area contributed by atoms with Gasteiger partial charge in [0.25, 0.3) is 10.0 Å². The van der Waals surface area contributed by atoms with Gasteiger partial charge >= 0.3 is 0 Å². The number of thiazole rings is 1. The minimum absolute atomic E-state index is 0.0932. The van der Waals surface area contributed by atoms with E-state index >= 15 is 4.39 Å². The highest BCUT2D eigenvalue weighted by molar-refractivity contribution is 7.93. The molecule has 0 spiro atoms. The van der Waals surface area contributed by atoms with Crippen LogP contribution in [0.5, 0.6) is 11.5 Å². The largest absolute Gasteiger partial charge is 0.497 e. The molecule has 0 amide bonds. The second-order valence-corrected chi connectivity index (χ2v) is 12.6. The molecule has 8 nitrogen and oxygen atoms in total. The zero-order valence-corrected chi connectivity index (χ0v) is 25.0. The number of nitrogens with zero attached hydrogens (tertiary/aromatic N) is 3. The summed E-state index contributed by atoms with van der Waals surface area (Å²) in [5, 5.41) is 5.27. The molecule has 1 unspecified atom stereocenters. The van der Waals surface area contributed by atoms with Gasteiger partial charge in [0, 0.05) is 29.8 Å². The molecule has 1 N–H and O–H groups in total. The summed E-state index contributed by atoms with van der Waals surface area (Å²) in [5.74, 6) is 0.0577. The van der Waals surface area contributed by atoms with Gasteiger partial charge in [0.05, 0.1) is 37.5 Å². The molecule has 41 heavy (non-hydrogen) atoms. The van der Waals surface area contributed by atoms with Gasteiger partial charge in [0.15, 0.2) is 5.13 Å². The van der Waals surface area contributed by atoms with Gasteiger partial charge in [-0.25, -0.2) is 22.1 Å². The van der Waals surface area contributed by atoms with Crippen molar-refractivity contribution in [1.29, 1.82) is 0 Å². The third-order valence-electron chi connectivity index (χ3n) is 6.95. The fourth-order valence-corrected chi connectivity index (χ4v) is 7.24. The molecule has 1 fully saturated rings. The average Bonchev–Trinajstić information content (AvgIpc) is 3.49. The van der Waals surface area contributed by atoms with E-state index in [2.05, 4.69) is 15.2 Å². The molecule has 0 radical (unpaired) electrons. The van der Waals surface area contributed by atoms with Crippen molar-refractivity contribution < 1.29 is 22.3 Å². The topological polar surface area (TPSA) is 84.0 Å². The van der Waals surface area contributed by atoms with Gasteiger partial charge < -0.3 is 19.7 Å². The first-order valence-corrected chi connectivity index (χ1v) is 15.7. The van der Waals surface area contributed by atoms with Crippen molar-refractivity contribution in [3.63, 3.8) is 0 Å². The highest BCUT2D eigenvalue weighted by Crippen LogP contribution is 2.36. The first kappa shape index (κ1) is 29.1. The van der Waals surface area contributed by atoms with E-state index in [0.29, 0.717) is 29.3 Å². The summed E-state index contributed by atoms with van der Waals surface area (Å²) >= 11 is 7.74. The molecular formula is C29H30ClFN4O4S2. The predicted molar refractivity (Wildman–Crippen MR) is 160 cm³/mol. The van der Waals surface area contributed by atoms with Crippen LogP contribution in [0.15, 0.2) is 77.1 Å². The number of sulfonamides is 1. The Morgan fingerprint density at radius 3 is 2.54 bits per heavy atom. The van der Waals surface area contributed by atoms with E-state index in [1.54, 1.807) is 23.6 Å². The number of halogens is 2. The monoisotopic (exact) mass is 616 g/mol. The van der Waals surface area contributed by atoms with Crippen LogP contribution >= 0.6 is 22.9 Å². The van der Waals surface area contributed by atoms with Gasteiger partial charge in [-0.15, -0.1) is 11.3 Å². The van der Waals surface area contributed by atoms with Crippen molar-refractivity contribution in [2.24, 2.45) is 0 Å². The van der Waals surface area contributed by atoms with Crippen LogP contribution in [-0.2, 0) is 16.6 Å². The third kappa shape index (κ3) is 6.43. The van der Waals surface area contributed by atoms with Crippen LogP contribution in [0, 0.1) is 5.82 Å². The quantitative estimate of drug-likeness (QED) is 0.203. The van der Waals surface area contributed by atoms with Gasteiger partial charge in [-0.2, -0.15) is 0 Å². The maximum atomic E-state index is 15.7. The molecule has 216 valence electrons. The molecule has 1 saturated heterocycles. The van der Waals surface area contributed by atoms with Crippen LogP contribution in [0.1, 0.15) is 23.6 Å². The normalized spacial score (nSPS) is 14.2. The number of methoxy groups -OCH3 is 2. The number of hydrogen-bond donors (Lipinski definition) is 1. The maximum absolute atomic E-state index is 15.7. The van der Waals surface area contributed by atoms with E-state index in [4.69, 9.17) is 21.1 Å². The average molecular weight is 617 g/mol. The zero-order chi connectivity index (χ0) is 29.0. The van der Waals surface area contributed by atoms with E-state index in [1.165, 1.54) is 20.4 Å². The highest BCUT2D eigenvalue weighted by atomic mass is 35.5. The minimum atomic E-state index is -4.43. The zero-order valence-electron chi connectivity index (χ0n) is 22.6. The van der Waals surface area contributed by atoms with Crippen LogP contribution in [0.25, 0.3) is 0 Å². The molecule has 4 aromatic rings. The highest BCUT2D eigenvalue weighted by Gasteiger charge is 2.32. The summed E-state index contributed by atoms with van der Waals surface area (Å²) in [6, 6.07) is 17.0. The summed E-state index contributed by atoms with van der Waals surface area (Å²) in [6.07, 6.45) is 2.63. The summed E-state index contributed by atoms with van der Waals surface area (Å²) in [6.45, 7) is 2.56. The van der Waals surface area contributed by atoms with Gasteiger partial charge in [0.2, 0.25) is 0 Å². The predicted octanol–water partition coefficient (Wildman–Crippen LogP) is 6.21. The molecule has 2 heterocycles. The maximum Gasteiger partial charge on any atom is 0.269 e. The molecule has 1 atom stereocenters. The number of hydrogen-bond acceptors (Lipinski definition) is 8. The number of rotatable bonds is 12. The van der Waals surface area contributed by atoms with Crippen molar-refractivity contribution in [1.82, 2.24) is 9.88 Å². The van der Waals surface area contributed by atoms with E-state index in [-0.39, 0.29) is 22.7 Å². The molecular weight excluding hydrogens is 587 g/mol. The van der Waals surface area contributed by atoms with Crippen molar-refractivity contribution >= 4 is 43.8 Å².